The minimum atomic E-state index is -0.846. The highest BCUT2D eigenvalue weighted by molar-refractivity contribution is 6.04. The smallest absolute Gasteiger partial charge is 0.414 e. The van der Waals surface area contributed by atoms with E-state index >= 15 is 0 Å². The molecule has 7 nitrogen and oxygen atoms in total. The quantitative estimate of drug-likeness (QED) is 0.644. The largest absolute Gasteiger partial charge is 0.450 e. The molecule has 0 aromatic heterocycles. The Morgan fingerprint density at radius 1 is 1.24 bits per heavy atom. The van der Waals surface area contributed by atoms with Crippen molar-refractivity contribution in [2.45, 2.75) is 13.5 Å². The summed E-state index contributed by atoms with van der Waals surface area (Å²) in [7, 11) is 0. The number of hydrogen-bond donors (Lipinski definition) is 1. The zero-order valence-corrected chi connectivity index (χ0v) is 14.3. The molecule has 1 aliphatic heterocycles. The van der Waals surface area contributed by atoms with Gasteiger partial charge in [0.1, 0.15) is 11.6 Å². The second kappa shape index (κ2) is 9.45. The minimum absolute atomic E-state index is 0.107. The molecular weight excluding hydrogens is 320 g/mol. The summed E-state index contributed by atoms with van der Waals surface area (Å²) in [5.74, 6) is -0.743. The first-order chi connectivity index (χ1) is 12.1. The molecule has 1 aromatic rings. The van der Waals surface area contributed by atoms with Crippen molar-refractivity contribution in [2.75, 3.05) is 32.8 Å². The lowest BCUT2D eigenvalue weighted by Gasteiger charge is -2.34. The molecule has 0 atom stereocenters. The van der Waals surface area contributed by atoms with Gasteiger partial charge in [0.2, 0.25) is 0 Å². The molecule has 1 N–H and O–H groups in total. The fourth-order valence-corrected chi connectivity index (χ4v) is 2.54. The monoisotopic (exact) mass is 342 g/mol. The molecule has 1 heterocycles. The summed E-state index contributed by atoms with van der Waals surface area (Å²) >= 11 is 0. The molecule has 132 valence electrons. The predicted molar refractivity (Wildman–Crippen MR) is 92.2 cm³/mol. The maximum Gasteiger partial charge on any atom is 0.414 e. The Labute approximate surface area is 147 Å². The van der Waals surface area contributed by atoms with E-state index in [9.17, 15) is 9.59 Å². The van der Waals surface area contributed by atoms with Crippen LogP contribution in [0.4, 0.5) is 4.79 Å². The molecule has 0 bridgehead atoms. The van der Waals surface area contributed by atoms with Crippen LogP contribution in [-0.4, -0.2) is 54.6 Å². The van der Waals surface area contributed by atoms with Crippen molar-refractivity contribution in [3.05, 3.63) is 47.7 Å². The Hall–Kier alpha value is -2.85. The maximum atomic E-state index is 11.9. The topological polar surface area (TPSA) is 85.7 Å². The third-order valence-corrected chi connectivity index (χ3v) is 3.82. The van der Waals surface area contributed by atoms with E-state index in [1.807, 2.05) is 34.5 Å². The van der Waals surface area contributed by atoms with Gasteiger partial charge < -0.3 is 9.64 Å². The first kappa shape index (κ1) is 18.5. The summed E-state index contributed by atoms with van der Waals surface area (Å²) < 4.78 is 4.64. The van der Waals surface area contributed by atoms with Crippen LogP contribution in [0.2, 0.25) is 0 Å². The summed E-state index contributed by atoms with van der Waals surface area (Å²) in [5.41, 5.74) is 1.16. The molecule has 7 heteroatoms. The molecule has 25 heavy (non-hydrogen) atoms. The number of nitrogens with one attached hydrogen (secondary N) is 1. The van der Waals surface area contributed by atoms with E-state index in [1.54, 1.807) is 6.92 Å². The molecule has 2 amide bonds. The van der Waals surface area contributed by atoms with Crippen LogP contribution in [0.15, 0.2) is 42.1 Å². The number of carbonyl (C=O) groups is 2. The van der Waals surface area contributed by atoms with Crippen LogP contribution < -0.4 is 5.32 Å². The molecule has 0 radical (unpaired) electrons. The van der Waals surface area contributed by atoms with E-state index in [0.29, 0.717) is 13.1 Å². The predicted octanol–water partition coefficient (Wildman–Crippen LogP) is 1.48. The van der Waals surface area contributed by atoms with Crippen LogP contribution in [0.3, 0.4) is 0 Å². The zero-order chi connectivity index (χ0) is 18.1. The van der Waals surface area contributed by atoms with E-state index in [-0.39, 0.29) is 12.2 Å². The highest BCUT2D eigenvalue weighted by atomic mass is 16.5. The molecule has 1 aliphatic rings. The minimum Gasteiger partial charge on any atom is -0.450 e. The summed E-state index contributed by atoms with van der Waals surface area (Å²) in [5, 5.41) is 11.2. The molecule has 2 rings (SSSR count). The number of nitriles is 1. The zero-order valence-electron chi connectivity index (χ0n) is 14.3. The second-order valence-corrected chi connectivity index (χ2v) is 5.63. The van der Waals surface area contributed by atoms with E-state index in [4.69, 9.17) is 5.26 Å². The molecule has 0 saturated carbocycles. The maximum absolute atomic E-state index is 11.9. The molecule has 1 fully saturated rings. The number of imide groups is 1. The van der Waals surface area contributed by atoms with Gasteiger partial charge in [0.15, 0.2) is 0 Å². The van der Waals surface area contributed by atoms with Gasteiger partial charge in [-0.05, 0) is 12.5 Å². The Morgan fingerprint density at radius 3 is 2.52 bits per heavy atom. The number of ether oxygens (including phenoxy) is 1. The molecule has 0 aliphatic carbocycles. The fraction of sp³-hybridized carbons (Fsp3) is 0.389. The number of carbonyl (C=O) groups excluding carboxylic acids is 2. The summed E-state index contributed by atoms with van der Waals surface area (Å²) in [6, 6.07) is 12.1. The Balaban J connectivity index is 1.86. The number of rotatable bonds is 5. The van der Waals surface area contributed by atoms with E-state index in [0.717, 1.165) is 19.6 Å². The van der Waals surface area contributed by atoms with Gasteiger partial charge in [-0.15, -0.1) is 0 Å². The summed E-state index contributed by atoms with van der Waals surface area (Å²) in [6.07, 6.45) is 0.662. The highest BCUT2D eigenvalue weighted by Crippen LogP contribution is 2.09. The van der Waals surface area contributed by atoms with Crippen molar-refractivity contribution in [3.63, 3.8) is 0 Å². The summed E-state index contributed by atoms with van der Waals surface area (Å²) in [6.45, 7) is 5.78. The summed E-state index contributed by atoms with van der Waals surface area (Å²) in [4.78, 5) is 27.4. The average molecular weight is 342 g/mol. The SMILES string of the molecule is CCOC(=O)NC(=O)/C(C#N)=C\N1CCN(Cc2ccccc2)CC1. The van der Waals surface area contributed by atoms with Gasteiger partial charge in [-0.2, -0.15) is 5.26 Å². The van der Waals surface area contributed by atoms with Gasteiger partial charge in [0.25, 0.3) is 5.91 Å². The van der Waals surface area contributed by atoms with Crippen molar-refractivity contribution >= 4 is 12.0 Å². The van der Waals surface area contributed by atoms with Crippen LogP contribution >= 0.6 is 0 Å². The molecule has 1 saturated heterocycles. The number of alkyl carbamates (subject to hydrolysis) is 1. The van der Waals surface area contributed by atoms with Crippen molar-refractivity contribution in [1.29, 1.82) is 5.26 Å². The standard InChI is InChI=1S/C18H22N4O3/c1-2-25-18(24)20-17(23)16(12-19)14-22-10-8-21(9-11-22)13-15-6-4-3-5-7-15/h3-7,14H,2,8-11,13H2,1H3,(H,20,23,24)/b16-14-. The van der Waals surface area contributed by atoms with E-state index in [1.165, 1.54) is 11.8 Å². The van der Waals surface area contributed by atoms with Gasteiger partial charge in [-0.1, -0.05) is 30.3 Å². The molecular formula is C18H22N4O3. The van der Waals surface area contributed by atoms with E-state index in [2.05, 4.69) is 21.8 Å². The van der Waals surface area contributed by atoms with Crippen LogP contribution in [0.25, 0.3) is 0 Å². The molecule has 0 unspecified atom stereocenters. The van der Waals surface area contributed by atoms with Crippen molar-refractivity contribution < 1.29 is 14.3 Å². The van der Waals surface area contributed by atoms with Crippen LogP contribution in [0.1, 0.15) is 12.5 Å². The lowest BCUT2D eigenvalue weighted by atomic mass is 10.2. The normalized spacial score (nSPS) is 15.4. The Kier molecular flexibility index (Phi) is 6.99. The van der Waals surface area contributed by atoms with Crippen molar-refractivity contribution in [2.24, 2.45) is 0 Å². The van der Waals surface area contributed by atoms with Gasteiger partial charge in [-0.25, -0.2) is 4.79 Å². The number of benzene rings is 1. The van der Waals surface area contributed by atoms with Crippen LogP contribution in [0, 0.1) is 11.3 Å². The first-order valence-electron chi connectivity index (χ1n) is 8.22. The fourth-order valence-electron chi connectivity index (χ4n) is 2.54. The number of amides is 2. The van der Waals surface area contributed by atoms with E-state index < -0.39 is 12.0 Å². The van der Waals surface area contributed by atoms with Crippen molar-refractivity contribution in [3.8, 4) is 6.07 Å². The Bertz CT molecular complexity index is 659. The third kappa shape index (κ3) is 5.94. The van der Waals surface area contributed by atoms with Crippen LogP contribution in [-0.2, 0) is 16.1 Å². The number of hydrogen-bond acceptors (Lipinski definition) is 6. The first-order valence-corrected chi connectivity index (χ1v) is 8.22. The van der Waals surface area contributed by atoms with Crippen LogP contribution in [0.5, 0.6) is 0 Å². The second-order valence-electron chi connectivity index (χ2n) is 5.63. The number of piperazine rings is 1. The third-order valence-electron chi connectivity index (χ3n) is 3.82. The van der Waals surface area contributed by atoms with Crippen molar-refractivity contribution in [1.82, 2.24) is 15.1 Å². The average Bonchev–Trinajstić information content (AvgIpc) is 2.62. The van der Waals surface area contributed by atoms with Gasteiger partial charge in [0.05, 0.1) is 6.61 Å². The highest BCUT2D eigenvalue weighted by Gasteiger charge is 2.18. The molecule has 0 spiro atoms. The lowest BCUT2D eigenvalue weighted by molar-refractivity contribution is -0.116. The molecule has 1 aromatic carbocycles. The number of nitrogens with zero attached hydrogens (tertiary/aromatic N) is 3. The van der Waals surface area contributed by atoms with Gasteiger partial charge in [-0.3, -0.25) is 15.0 Å². The lowest BCUT2D eigenvalue weighted by Crippen LogP contribution is -2.44. The Morgan fingerprint density at radius 2 is 1.92 bits per heavy atom. The van der Waals surface area contributed by atoms with Gasteiger partial charge in [0, 0.05) is 38.9 Å². The van der Waals surface area contributed by atoms with Gasteiger partial charge >= 0.3 is 6.09 Å².